The van der Waals surface area contributed by atoms with Gasteiger partial charge in [0.1, 0.15) is 0 Å². The fourth-order valence-corrected chi connectivity index (χ4v) is 2.76. The van der Waals surface area contributed by atoms with Gasteiger partial charge in [-0.3, -0.25) is 0 Å². The zero-order valence-corrected chi connectivity index (χ0v) is 11.4. The first-order valence-electron chi connectivity index (χ1n) is 6.75. The first-order valence-corrected chi connectivity index (χ1v) is 7.12. The van der Waals surface area contributed by atoms with Crippen LogP contribution in [0.5, 0.6) is 0 Å². The van der Waals surface area contributed by atoms with Crippen molar-refractivity contribution in [2.24, 2.45) is 5.92 Å². The summed E-state index contributed by atoms with van der Waals surface area (Å²) in [4.78, 5) is 0. The van der Waals surface area contributed by atoms with E-state index >= 15 is 0 Å². The van der Waals surface area contributed by atoms with Crippen molar-refractivity contribution in [3.63, 3.8) is 0 Å². The molecule has 2 unspecified atom stereocenters. The molecule has 0 bridgehead atoms. The van der Waals surface area contributed by atoms with Crippen molar-refractivity contribution in [1.29, 1.82) is 0 Å². The molecule has 0 saturated carbocycles. The van der Waals surface area contributed by atoms with E-state index in [1.807, 2.05) is 18.2 Å². The van der Waals surface area contributed by atoms with Gasteiger partial charge in [-0.15, -0.1) is 0 Å². The topological polar surface area (TPSA) is 29.5 Å². The van der Waals surface area contributed by atoms with E-state index in [-0.39, 0.29) is 6.61 Å². The molecule has 2 atom stereocenters. The zero-order valence-electron chi connectivity index (χ0n) is 10.6. The number of aliphatic hydroxyl groups is 1. The molecule has 2 rings (SSSR count). The predicted molar refractivity (Wildman–Crippen MR) is 73.9 cm³/mol. The van der Waals surface area contributed by atoms with Crippen molar-refractivity contribution < 1.29 is 9.84 Å². The predicted octanol–water partition coefficient (Wildman–Crippen LogP) is 3.45. The van der Waals surface area contributed by atoms with E-state index in [1.54, 1.807) is 0 Å². The quantitative estimate of drug-likeness (QED) is 0.856. The average Bonchev–Trinajstić information content (AvgIpc) is 2.87. The van der Waals surface area contributed by atoms with Crippen LogP contribution in [0.1, 0.15) is 31.2 Å². The lowest BCUT2D eigenvalue weighted by Crippen LogP contribution is -2.14. The van der Waals surface area contributed by atoms with Crippen molar-refractivity contribution >= 4 is 11.6 Å². The Morgan fingerprint density at radius 1 is 1.44 bits per heavy atom. The van der Waals surface area contributed by atoms with Crippen molar-refractivity contribution in [2.75, 3.05) is 13.2 Å². The summed E-state index contributed by atoms with van der Waals surface area (Å²) < 4.78 is 5.61. The lowest BCUT2D eigenvalue weighted by atomic mass is 9.94. The van der Waals surface area contributed by atoms with Gasteiger partial charge in [-0.05, 0) is 55.7 Å². The number of rotatable bonds is 6. The summed E-state index contributed by atoms with van der Waals surface area (Å²) in [7, 11) is 0. The van der Waals surface area contributed by atoms with Crippen molar-refractivity contribution in [1.82, 2.24) is 0 Å². The van der Waals surface area contributed by atoms with Gasteiger partial charge in [0, 0.05) is 18.2 Å². The van der Waals surface area contributed by atoms with Gasteiger partial charge in [0.2, 0.25) is 0 Å². The van der Waals surface area contributed by atoms with E-state index in [0.29, 0.717) is 12.0 Å². The van der Waals surface area contributed by atoms with Crippen LogP contribution in [0.2, 0.25) is 5.02 Å². The summed E-state index contributed by atoms with van der Waals surface area (Å²) in [5.74, 6) is 0.313. The van der Waals surface area contributed by atoms with Gasteiger partial charge in [-0.25, -0.2) is 0 Å². The third-order valence-corrected chi connectivity index (χ3v) is 3.83. The molecule has 1 aromatic rings. The molecular weight excluding hydrogens is 248 g/mol. The minimum Gasteiger partial charge on any atom is -0.396 e. The van der Waals surface area contributed by atoms with Gasteiger partial charge >= 0.3 is 0 Å². The highest BCUT2D eigenvalue weighted by Gasteiger charge is 2.17. The molecule has 1 aliphatic rings. The summed E-state index contributed by atoms with van der Waals surface area (Å²) in [6.45, 7) is 1.14. The minimum absolute atomic E-state index is 0.235. The summed E-state index contributed by atoms with van der Waals surface area (Å²) in [6.07, 6.45) is 5.75. The number of hydrogen-bond acceptors (Lipinski definition) is 2. The van der Waals surface area contributed by atoms with Gasteiger partial charge < -0.3 is 9.84 Å². The second kappa shape index (κ2) is 7.13. The van der Waals surface area contributed by atoms with Crippen LogP contribution in [0.4, 0.5) is 0 Å². The fraction of sp³-hybridized carbons (Fsp3) is 0.600. The van der Waals surface area contributed by atoms with Crippen molar-refractivity contribution in [3.8, 4) is 0 Å². The summed E-state index contributed by atoms with van der Waals surface area (Å²) >= 11 is 5.97. The van der Waals surface area contributed by atoms with Crippen LogP contribution in [0.3, 0.4) is 0 Å². The highest BCUT2D eigenvalue weighted by Crippen LogP contribution is 2.22. The van der Waals surface area contributed by atoms with E-state index in [2.05, 4.69) is 6.07 Å². The van der Waals surface area contributed by atoms with Gasteiger partial charge in [0.25, 0.3) is 0 Å². The van der Waals surface area contributed by atoms with Crippen molar-refractivity contribution in [2.45, 2.75) is 38.2 Å². The van der Waals surface area contributed by atoms with Crippen LogP contribution in [-0.4, -0.2) is 24.4 Å². The summed E-state index contributed by atoms with van der Waals surface area (Å²) in [5.41, 5.74) is 1.20. The molecular formula is C15H21ClO2. The maximum atomic E-state index is 9.46. The average molecular weight is 269 g/mol. The lowest BCUT2D eigenvalue weighted by Gasteiger charge is -2.16. The second-order valence-corrected chi connectivity index (χ2v) is 5.53. The normalized spacial score (nSPS) is 21.1. The molecule has 18 heavy (non-hydrogen) atoms. The molecule has 100 valence electrons. The molecule has 2 nitrogen and oxygen atoms in total. The van der Waals surface area contributed by atoms with E-state index in [4.69, 9.17) is 16.3 Å². The van der Waals surface area contributed by atoms with E-state index in [1.165, 1.54) is 18.4 Å². The fourth-order valence-electron chi connectivity index (χ4n) is 2.55. The number of halogens is 1. The third kappa shape index (κ3) is 4.27. The van der Waals surface area contributed by atoms with Crippen LogP contribution in [0.25, 0.3) is 0 Å². The van der Waals surface area contributed by atoms with Crippen LogP contribution < -0.4 is 0 Å². The molecule has 0 aromatic heterocycles. The Bertz CT molecular complexity index is 361. The van der Waals surface area contributed by atoms with Crippen LogP contribution in [-0.2, 0) is 11.2 Å². The molecule has 1 fully saturated rings. The molecule has 1 heterocycles. The first kappa shape index (κ1) is 13.9. The second-order valence-electron chi connectivity index (χ2n) is 5.10. The maximum absolute atomic E-state index is 9.46. The minimum atomic E-state index is 0.235. The zero-order chi connectivity index (χ0) is 12.8. The van der Waals surface area contributed by atoms with E-state index < -0.39 is 0 Å². The smallest absolute Gasteiger partial charge is 0.0576 e. The molecule has 0 amide bonds. The Labute approximate surface area is 114 Å². The van der Waals surface area contributed by atoms with Gasteiger partial charge in [-0.2, -0.15) is 0 Å². The lowest BCUT2D eigenvalue weighted by molar-refractivity contribution is 0.0932. The molecule has 0 spiro atoms. The number of hydrogen-bond donors (Lipinski definition) is 1. The Kier molecular flexibility index (Phi) is 5.48. The first-order chi connectivity index (χ1) is 8.78. The van der Waals surface area contributed by atoms with Crippen LogP contribution in [0.15, 0.2) is 24.3 Å². The molecule has 3 heteroatoms. The maximum Gasteiger partial charge on any atom is 0.0576 e. The molecule has 0 radical (unpaired) electrons. The monoisotopic (exact) mass is 268 g/mol. The molecule has 0 aliphatic carbocycles. The van der Waals surface area contributed by atoms with Gasteiger partial charge in [0.05, 0.1) is 6.10 Å². The summed E-state index contributed by atoms with van der Waals surface area (Å²) in [5, 5.41) is 10.2. The van der Waals surface area contributed by atoms with Gasteiger partial charge in [0.15, 0.2) is 0 Å². The van der Waals surface area contributed by atoms with Gasteiger partial charge in [-0.1, -0.05) is 23.7 Å². The Morgan fingerprint density at radius 2 is 2.33 bits per heavy atom. The highest BCUT2D eigenvalue weighted by molar-refractivity contribution is 6.30. The number of ether oxygens (including phenoxy) is 1. The Hall–Kier alpha value is -0.570. The molecule has 1 aromatic carbocycles. The largest absolute Gasteiger partial charge is 0.396 e. The third-order valence-electron chi connectivity index (χ3n) is 3.59. The molecule has 1 N–H and O–H groups in total. The van der Waals surface area contributed by atoms with Crippen LogP contribution in [0, 0.1) is 5.92 Å². The summed E-state index contributed by atoms with van der Waals surface area (Å²) in [6, 6.07) is 7.90. The molecule has 1 saturated heterocycles. The van der Waals surface area contributed by atoms with E-state index in [0.717, 1.165) is 30.9 Å². The van der Waals surface area contributed by atoms with Crippen LogP contribution >= 0.6 is 11.6 Å². The van der Waals surface area contributed by atoms with E-state index in [9.17, 15) is 5.11 Å². The molecule has 1 aliphatic heterocycles. The Balaban J connectivity index is 1.81. The Morgan fingerprint density at radius 3 is 3.00 bits per heavy atom. The van der Waals surface area contributed by atoms with Crippen molar-refractivity contribution in [3.05, 3.63) is 34.9 Å². The SMILES string of the molecule is OCC(CCC1CCCO1)Cc1cccc(Cl)c1. The number of aliphatic hydroxyl groups excluding tert-OH is 1. The highest BCUT2D eigenvalue weighted by atomic mass is 35.5. The number of benzene rings is 1. The standard InChI is InChI=1S/C15H21ClO2/c16-14-4-1-3-12(10-14)9-13(11-17)6-7-15-5-2-8-18-15/h1,3-4,10,13,15,17H,2,5-9,11H2.